The molecule has 0 saturated carbocycles. The van der Waals surface area contributed by atoms with E-state index in [0.717, 1.165) is 11.3 Å². The lowest BCUT2D eigenvalue weighted by Gasteiger charge is -2.23. The first-order valence-corrected chi connectivity index (χ1v) is 8.36. The molecule has 0 aliphatic heterocycles. The van der Waals surface area contributed by atoms with Crippen LogP contribution in [0.25, 0.3) is 0 Å². The summed E-state index contributed by atoms with van der Waals surface area (Å²) in [4.78, 5) is 26.1. The molecule has 1 atom stereocenters. The zero-order chi connectivity index (χ0) is 18.4. The van der Waals surface area contributed by atoms with E-state index in [1.807, 2.05) is 31.2 Å². The van der Waals surface area contributed by atoms with Crippen molar-refractivity contribution in [3.05, 3.63) is 59.1 Å². The SMILES string of the molecule is Cc1ccc(NC(=O)CN(C)[C@@H](C)C(=O)Nc2cccc(Cl)c2)cc1. The topological polar surface area (TPSA) is 61.4 Å². The Morgan fingerprint density at radius 2 is 1.76 bits per heavy atom. The first-order chi connectivity index (χ1) is 11.8. The highest BCUT2D eigenvalue weighted by atomic mass is 35.5. The molecular weight excluding hydrogens is 338 g/mol. The molecule has 2 aromatic rings. The molecule has 5 nitrogen and oxygen atoms in total. The Hall–Kier alpha value is -2.37. The summed E-state index contributed by atoms with van der Waals surface area (Å²) in [5.74, 6) is -0.373. The molecule has 0 aromatic heterocycles. The summed E-state index contributed by atoms with van der Waals surface area (Å²) in [6, 6.07) is 14.0. The maximum Gasteiger partial charge on any atom is 0.241 e. The number of benzene rings is 2. The smallest absolute Gasteiger partial charge is 0.241 e. The molecule has 0 saturated heterocycles. The van der Waals surface area contributed by atoms with E-state index >= 15 is 0 Å². The van der Waals surface area contributed by atoms with Gasteiger partial charge in [-0.3, -0.25) is 14.5 Å². The molecule has 0 spiro atoms. The Labute approximate surface area is 153 Å². The van der Waals surface area contributed by atoms with Crippen molar-refractivity contribution in [2.45, 2.75) is 19.9 Å². The highest BCUT2D eigenvalue weighted by Crippen LogP contribution is 2.15. The third-order valence-electron chi connectivity index (χ3n) is 3.86. The van der Waals surface area contributed by atoms with E-state index in [0.29, 0.717) is 10.7 Å². The van der Waals surface area contributed by atoms with Gasteiger partial charge >= 0.3 is 0 Å². The van der Waals surface area contributed by atoms with E-state index in [4.69, 9.17) is 11.6 Å². The van der Waals surface area contributed by atoms with Gasteiger partial charge in [0.1, 0.15) is 0 Å². The minimum absolute atomic E-state index is 0.109. The van der Waals surface area contributed by atoms with E-state index in [9.17, 15) is 9.59 Å². The zero-order valence-corrected chi connectivity index (χ0v) is 15.3. The quantitative estimate of drug-likeness (QED) is 0.829. The van der Waals surface area contributed by atoms with Gasteiger partial charge in [-0.05, 0) is 51.2 Å². The van der Waals surface area contributed by atoms with Crippen molar-refractivity contribution >= 4 is 34.8 Å². The van der Waals surface area contributed by atoms with Crippen LogP contribution in [0.2, 0.25) is 5.02 Å². The zero-order valence-electron chi connectivity index (χ0n) is 14.5. The van der Waals surface area contributed by atoms with Gasteiger partial charge in [-0.1, -0.05) is 35.4 Å². The van der Waals surface area contributed by atoms with Crippen molar-refractivity contribution in [2.24, 2.45) is 0 Å². The van der Waals surface area contributed by atoms with Crippen LogP contribution in [0.15, 0.2) is 48.5 Å². The monoisotopic (exact) mass is 359 g/mol. The molecular formula is C19H22ClN3O2. The fourth-order valence-corrected chi connectivity index (χ4v) is 2.40. The van der Waals surface area contributed by atoms with Gasteiger partial charge in [0.05, 0.1) is 12.6 Å². The van der Waals surface area contributed by atoms with Gasteiger partial charge < -0.3 is 10.6 Å². The van der Waals surface area contributed by atoms with Gasteiger partial charge in [0, 0.05) is 16.4 Å². The first-order valence-electron chi connectivity index (χ1n) is 7.98. The summed E-state index contributed by atoms with van der Waals surface area (Å²) in [6.45, 7) is 3.84. The Morgan fingerprint density at radius 1 is 1.08 bits per heavy atom. The fourth-order valence-electron chi connectivity index (χ4n) is 2.21. The number of carbonyl (C=O) groups excluding carboxylic acids is 2. The number of rotatable bonds is 6. The van der Waals surface area contributed by atoms with Crippen molar-refractivity contribution in [2.75, 3.05) is 24.2 Å². The van der Waals surface area contributed by atoms with Crippen molar-refractivity contribution < 1.29 is 9.59 Å². The summed E-state index contributed by atoms with van der Waals surface area (Å²) < 4.78 is 0. The number of anilines is 2. The summed E-state index contributed by atoms with van der Waals surface area (Å²) in [6.07, 6.45) is 0. The van der Waals surface area contributed by atoms with Crippen molar-refractivity contribution in [1.29, 1.82) is 0 Å². The maximum atomic E-state index is 12.3. The molecule has 0 aliphatic carbocycles. The molecule has 2 N–H and O–H groups in total. The normalized spacial score (nSPS) is 11.9. The summed E-state index contributed by atoms with van der Waals surface area (Å²) in [5, 5.41) is 6.17. The average Bonchev–Trinajstić information content (AvgIpc) is 2.56. The number of halogens is 1. The standard InChI is InChI=1S/C19H22ClN3O2/c1-13-7-9-16(10-8-13)21-18(24)12-23(3)14(2)19(25)22-17-6-4-5-15(20)11-17/h4-11,14H,12H2,1-3H3,(H,21,24)(H,22,25)/t14-/m0/s1. The number of aryl methyl sites for hydroxylation is 1. The lowest BCUT2D eigenvalue weighted by atomic mass is 10.2. The number of likely N-dealkylation sites (N-methyl/N-ethyl adjacent to an activating group) is 1. The Morgan fingerprint density at radius 3 is 2.40 bits per heavy atom. The number of nitrogens with one attached hydrogen (secondary N) is 2. The Balaban J connectivity index is 1.88. The summed E-state index contributed by atoms with van der Waals surface area (Å²) >= 11 is 5.91. The molecule has 2 rings (SSSR count). The Bertz CT molecular complexity index is 747. The molecule has 25 heavy (non-hydrogen) atoms. The maximum absolute atomic E-state index is 12.3. The van der Waals surface area contributed by atoms with E-state index in [1.165, 1.54) is 0 Å². The second-order valence-electron chi connectivity index (χ2n) is 6.00. The average molecular weight is 360 g/mol. The molecule has 132 valence electrons. The van der Waals surface area contributed by atoms with Crippen LogP contribution < -0.4 is 10.6 Å². The summed E-state index contributed by atoms with van der Waals surface area (Å²) in [5.41, 5.74) is 2.49. The molecule has 6 heteroatoms. The lowest BCUT2D eigenvalue weighted by Crippen LogP contribution is -2.43. The van der Waals surface area contributed by atoms with Gasteiger partial charge in [0.25, 0.3) is 0 Å². The molecule has 2 aromatic carbocycles. The molecule has 0 heterocycles. The van der Waals surface area contributed by atoms with Crippen LogP contribution >= 0.6 is 11.6 Å². The van der Waals surface area contributed by atoms with Crippen LogP contribution in [0.4, 0.5) is 11.4 Å². The number of hydrogen-bond donors (Lipinski definition) is 2. The van der Waals surface area contributed by atoms with Crippen LogP contribution in [-0.4, -0.2) is 36.3 Å². The van der Waals surface area contributed by atoms with E-state index in [-0.39, 0.29) is 18.4 Å². The van der Waals surface area contributed by atoms with Crippen LogP contribution in [-0.2, 0) is 9.59 Å². The third-order valence-corrected chi connectivity index (χ3v) is 4.10. The van der Waals surface area contributed by atoms with E-state index < -0.39 is 6.04 Å². The molecule has 0 fully saturated rings. The van der Waals surface area contributed by atoms with Gasteiger partial charge in [-0.2, -0.15) is 0 Å². The second kappa shape index (κ2) is 8.65. The lowest BCUT2D eigenvalue weighted by molar-refractivity contribution is -0.122. The van der Waals surface area contributed by atoms with Gasteiger partial charge in [0.15, 0.2) is 0 Å². The van der Waals surface area contributed by atoms with Gasteiger partial charge in [-0.25, -0.2) is 0 Å². The predicted octanol–water partition coefficient (Wildman–Crippen LogP) is 3.55. The first kappa shape index (κ1) is 19.0. The third kappa shape index (κ3) is 5.89. The Kier molecular flexibility index (Phi) is 6.56. The van der Waals surface area contributed by atoms with E-state index in [1.54, 1.807) is 43.1 Å². The number of amides is 2. The molecule has 0 aliphatic rings. The molecule has 0 unspecified atom stereocenters. The second-order valence-corrected chi connectivity index (χ2v) is 6.44. The summed E-state index contributed by atoms with van der Waals surface area (Å²) in [7, 11) is 1.73. The molecule has 0 bridgehead atoms. The highest BCUT2D eigenvalue weighted by molar-refractivity contribution is 6.30. The van der Waals surface area contributed by atoms with Crippen LogP contribution in [0.3, 0.4) is 0 Å². The van der Waals surface area contributed by atoms with Crippen LogP contribution in [0, 0.1) is 6.92 Å². The number of hydrogen-bond acceptors (Lipinski definition) is 3. The van der Waals surface area contributed by atoms with Gasteiger partial charge in [0.2, 0.25) is 11.8 Å². The minimum Gasteiger partial charge on any atom is -0.325 e. The number of carbonyl (C=O) groups is 2. The van der Waals surface area contributed by atoms with E-state index in [2.05, 4.69) is 10.6 Å². The number of nitrogens with zero attached hydrogens (tertiary/aromatic N) is 1. The predicted molar refractivity (Wildman–Crippen MR) is 102 cm³/mol. The van der Waals surface area contributed by atoms with Crippen LogP contribution in [0.5, 0.6) is 0 Å². The minimum atomic E-state index is -0.470. The van der Waals surface area contributed by atoms with Crippen LogP contribution in [0.1, 0.15) is 12.5 Å². The highest BCUT2D eigenvalue weighted by Gasteiger charge is 2.20. The van der Waals surface area contributed by atoms with Crippen molar-refractivity contribution in [1.82, 2.24) is 4.90 Å². The largest absolute Gasteiger partial charge is 0.325 e. The molecule has 2 amide bonds. The molecule has 0 radical (unpaired) electrons. The van der Waals surface area contributed by atoms with Crippen molar-refractivity contribution in [3.8, 4) is 0 Å². The van der Waals surface area contributed by atoms with Crippen molar-refractivity contribution in [3.63, 3.8) is 0 Å². The van der Waals surface area contributed by atoms with Gasteiger partial charge in [-0.15, -0.1) is 0 Å². The fraction of sp³-hybridized carbons (Fsp3) is 0.263.